The molecule has 0 fully saturated rings. The Kier molecular flexibility index (Phi) is 3.83. The summed E-state index contributed by atoms with van der Waals surface area (Å²) in [4.78, 5) is 0. The van der Waals surface area contributed by atoms with E-state index in [9.17, 15) is 4.39 Å². The number of halogens is 2. The second-order valence-electron chi connectivity index (χ2n) is 4.70. The number of benzene rings is 2. The summed E-state index contributed by atoms with van der Waals surface area (Å²) in [5, 5.41) is 0. The van der Waals surface area contributed by atoms with E-state index in [4.69, 9.17) is 5.73 Å². The van der Waals surface area contributed by atoms with Crippen LogP contribution >= 0.6 is 15.9 Å². The van der Waals surface area contributed by atoms with Crippen molar-refractivity contribution >= 4 is 15.9 Å². The summed E-state index contributed by atoms with van der Waals surface area (Å²) in [7, 11) is 0. The molecular weight excluding hydrogens is 293 g/mol. The summed E-state index contributed by atoms with van der Waals surface area (Å²) in [6, 6.07) is 14.6. The lowest BCUT2D eigenvalue weighted by molar-refractivity contribution is 0.475. The van der Waals surface area contributed by atoms with Gasteiger partial charge in [0, 0.05) is 10.0 Å². The second-order valence-corrected chi connectivity index (χ2v) is 5.61. The Bertz CT molecular complexity index is 552. The first-order chi connectivity index (χ1) is 8.49. The first kappa shape index (κ1) is 13.2. The fourth-order valence-electron chi connectivity index (χ4n) is 1.98. The molecule has 0 saturated heterocycles. The molecule has 0 aliphatic rings. The molecule has 0 amide bonds. The van der Waals surface area contributed by atoms with Gasteiger partial charge >= 0.3 is 0 Å². The number of hydrogen-bond donors (Lipinski definition) is 1. The molecule has 0 saturated carbocycles. The first-order valence-corrected chi connectivity index (χ1v) is 6.57. The summed E-state index contributed by atoms with van der Waals surface area (Å²) in [6.07, 6.45) is 0.468. The van der Waals surface area contributed by atoms with Gasteiger partial charge in [0.15, 0.2) is 0 Å². The van der Waals surface area contributed by atoms with E-state index in [0.29, 0.717) is 12.0 Å². The molecule has 0 spiro atoms. The molecule has 0 aliphatic carbocycles. The van der Waals surface area contributed by atoms with Gasteiger partial charge in [0.1, 0.15) is 5.82 Å². The minimum absolute atomic E-state index is 0.204. The zero-order chi connectivity index (χ0) is 13.2. The van der Waals surface area contributed by atoms with Crippen molar-refractivity contribution in [3.63, 3.8) is 0 Å². The molecule has 18 heavy (non-hydrogen) atoms. The molecule has 0 heterocycles. The molecule has 0 aromatic heterocycles. The highest BCUT2D eigenvalue weighted by atomic mass is 79.9. The average molecular weight is 308 g/mol. The van der Waals surface area contributed by atoms with Gasteiger partial charge in [0.2, 0.25) is 0 Å². The van der Waals surface area contributed by atoms with Gasteiger partial charge in [-0.3, -0.25) is 0 Å². The summed E-state index contributed by atoms with van der Waals surface area (Å²) >= 11 is 3.42. The quantitative estimate of drug-likeness (QED) is 0.911. The predicted molar refractivity (Wildman–Crippen MR) is 75.8 cm³/mol. The normalized spacial score (nSPS) is 14.2. The third-order valence-electron chi connectivity index (χ3n) is 3.00. The van der Waals surface area contributed by atoms with Gasteiger partial charge in [-0.15, -0.1) is 0 Å². The first-order valence-electron chi connectivity index (χ1n) is 5.77. The van der Waals surface area contributed by atoms with Crippen LogP contribution < -0.4 is 5.73 Å². The third kappa shape index (κ3) is 2.98. The van der Waals surface area contributed by atoms with Gasteiger partial charge in [-0.25, -0.2) is 4.39 Å². The van der Waals surface area contributed by atoms with E-state index in [1.165, 1.54) is 6.07 Å². The van der Waals surface area contributed by atoms with E-state index in [1.807, 2.05) is 37.3 Å². The number of hydrogen-bond acceptors (Lipinski definition) is 1. The van der Waals surface area contributed by atoms with Crippen LogP contribution in [-0.2, 0) is 12.0 Å². The van der Waals surface area contributed by atoms with Crippen molar-refractivity contribution in [2.45, 2.75) is 18.9 Å². The van der Waals surface area contributed by atoms with Crippen molar-refractivity contribution in [3.05, 3.63) is 69.9 Å². The molecule has 2 N–H and O–H groups in total. The van der Waals surface area contributed by atoms with Crippen LogP contribution in [0.3, 0.4) is 0 Å². The van der Waals surface area contributed by atoms with Crippen molar-refractivity contribution < 1.29 is 4.39 Å². The van der Waals surface area contributed by atoms with Crippen LogP contribution in [-0.4, -0.2) is 0 Å². The lowest BCUT2D eigenvalue weighted by Gasteiger charge is -2.26. The highest BCUT2D eigenvalue weighted by Gasteiger charge is 2.23. The van der Waals surface area contributed by atoms with Gasteiger partial charge in [-0.05, 0) is 42.7 Å². The molecule has 0 aliphatic heterocycles. The topological polar surface area (TPSA) is 26.0 Å². The Labute approximate surface area is 115 Å². The van der Waals surface area contributed by atoms with Gasteiger partial charge in [0.25, 0.3) is 0 Å². The maximum atomic E-state index is 13.7. The molecule has 0 bridgehead atoms. The van der Waals surface area contributed by atoms with Gasteiger partial charge < -0.3 is 5.73 Å². The van der Waals surface area contributed by atoms with Crippen LogP contribution in [0.4, 0.5) is 4.39 Å². The van der Waals surface area contributed by atoms with Crippen molar-refractivity contribution in [2.75, 3.05) is 0 Å². The van der Waals surface area contributed by atoms with E-state index in [-0.39, 0.29) is 5.82 Å². The van der Waals surface area contributed by atoms with Gasteiger partial charge in [-0.2, -0.15) is 0 Å². The van der Waals surface area contributed by atoms with Crippen LogP contribution in [0, 0.1) is 5.82 Å². The molecule has 2 rings (SSSR count). The van der Waals surface area contributed by atoms with Crippen LogP contribution in [0.1, 0.15) is 18.1 Å². The molecular formula is C15H15BrFN. The molecule has 1 nitrogen and oxygen atoms in total. The zero-order valence-corrected chi connectivity index (χ0v) is 11.7. The van der Waals surface area contributed by atoms with Crippen LogP contribution in [0.15, 0.2) is 53.0 Å². The maximum Gasteiger partial charge on any atom is 0.126 e. The van der Waals surface area contributed by atoms with Crippen LogP contribution in [0.2, 0.25) is 0 Å². The van der Waals surface area contributed by atoms with Gasteiger partial charge in [-0.1, -0.05) is 46.3 Å². The molecule has 0 radical (unpaired) electrons. The predicted octanol–water partition coefficient (Wildman–Crippen LogP) is 4.00. The lowest BCUT2D eigenvalue weighted by atomic mass is 9.86. The smallest absolute Gasteiger partial charge is 0.126 e. The van der Waals surface area contributed by atoms with Crippen LogP contribution in [0.5, 0.6) is 0 Å². The Morgan fingerprint density at radius 2 is 1.89 bits per heavy atom. The Balaban J connectivity index is 2.30. The van der Waals surface area contributed by atoms with Crippen molar-refractivity contribution in [3.8, 4) is 0 Å². The average Bonchev–Trinajstić information content (AvgIpc) is 2.32. The maximum absolute atomic E-state index is 13.7. The SMILES string of the molecule is CC(N)(Cc1ccccc1F)c1cccc(Br)c1. The molecule has 94 valence electrons. The summed E-state index contributed by atoms with van der Waals surface area (Å²) in [5.74, 6) is -0.204. The van der Waals surface area contributed by atoms with Crippen molar-refractivity contribution in [1.29, 1.82) is 0 Å². The van der Waals surface area contributed by atoms with E-state index in [0.717, 1.165) is 10.0 Å². The monoisotopic (exact) mass is 307 g/mol. The fraction of sp³-hybridized carbons (Fsp3) is 0.200. The Hall–Kier alpha value is -1.19. The zero-order valence-electron chi connectivity index (χ0n) is 10.2. The third-order valence-corrected chi connectivity index (χ3v) is 3.49. The largest absolute Gasteiger partial charge is 0.321 e. The van der Waals surface area contributed by atoms with Gasteiger partial charge in [0.05, 0.1) is 0 Å². The van der Waals surface area contributed by atoms with Crippen LogP contribution in [0.25, 0.3) is 0 Å². The molecule has 3 heteroatoms. The second kappa shape index (κ2) is 5.21. The van der Waals surface area contributed by atoms with Crippen molar-refractivity contribution in [2.24, 2.45) is 5.73 Å². The summed E-state index contributed by atoms with van der Waals surface area (Å²) in [5.41, 5.74) is 7.36. The van der Waals surface area contributed by atoms with E-state index in [2.05, 4.69) is 15.9 Å². The summed E-state index contributed by atoms with van der Waals surface area (Å²) in [6.45, 7) is 1.92. The number of rotatable bonds is 3. The Morgan fingerprint density at radius 3 is 2.56 bits per heavy atom. The fourth-order valence-corrected chi connectivity index (χ4v) is 2.38. The molecule has 1 unspecified atom stereocenters. The number of nitrogens with two attached hydrogens (primary N) is 1. The minimum Gasteiger partial charge on any atom is -0.321 e. The highest BCUT2D eigenvalue weighted by Crippen LogP contribution is 2.26. The van der Waals surface area contributed by atoms with E-state index < -0.39 is 5.54 Å². The molecule has 2 aromatic rings. The molecule has 2 aromatic carbocycles. The van der Waals surface area contributed by atoms with Crippen molar-refractivity contribution in [1.82, 2.24) is 0 Å². The van der Waals surface area contributed by atoms with E-state index in [1.54, 1.807) is 12.1 Å². The standard InChI is InChI=1S/C15H15BrFN/c1-15(18,12-6-4-7-13(16)9-12)10-11-5-2-3-8-14(11)17/h2-9H,10,18H2,1H3. The lowest BCUT2D eigenvalue weighted by Crippen LogP contribution is -2.35. The molecule has 1 atom stereocenters. The highest BCUT2D eigenvalue weighted by molar-refractivity contribution is 9.10. The van der Waals surface area contributed by atoms with E-state index >= 15 is 0 Å². The minimum atomic E-state index is -0.591. The summed E-state index contributed by atoms with van der Waals surface area (Å²) < 4.78 is 14.6. The Morgan fingerprint density at radius 1 is 1.17 bits per heavy atom.